The first-order valence-corrected chi connectivity index (χ1v) is 6.52. The lowest BCUT2D eigenvalue weighted by molar-refractivity contribution is 0.900. The highest BCUT2D eigenvalue weighted by Crippen LogP contribution is 2.26. The van der Waals surface area contributed by atoms with Crippen LogP contribution in [0.5, 0.6) is 0 Å². The number of aryl methyl sites for hydroxylation is 1. The summed E-state index contributed by atoms with van der Waals surface area (Å²) in [6.45, 7) is 2.75. The number of H-pyrrole nitrogens is 1. The third-order valence-corrected chi connectivity index (χ3v) is 3.37. The molecule has 0 amide bonds. The van der Waals surface area contributed by atoms with E-state index in [2.05, 4.69) is 59.4 Å². The van der Waals surface area contributed by atoms with Crippen LogP contribution in [0.3, 0.4) is 0 Å². The van der Waals surface area contributed by atoms with Gasteiger partial charge in [-0.1, -0.05) is 30.3 Å². The number of hydrogen-bond donors (Lipinski definition) is 2. The van der Waals surface area contributed by atoms with Crippen molar-refractivity contribution in [2.45, 2.75) is 13.3 Å². The van der Waals surface area contributed by atoms with E-state index in [1.54, 1.807) is 0 Å². The van der Waals surface area contributed by atoms with Crippen molar-refractivity contribution in [2.75, 3.05) is 6.54 Å². The molecule has 1 aromatic heterocycles. The van der Waals surface area contributed by atoms with Crippen molar-refractivity contribution >= 4 is 35.8 Å². The first-order chi connectivity index (χ1) is 9.28. The molecular weight excluding hydrogens is 305 g/mol. The number of hydrogen-bond acceptors (Lipinski definition) is 2. The summed E-state index contributed by atoms with van der Waals surface area (Å²) in [5.74, 6) is 0.958. The molecule has 0 fully saturated rings. The molecule has 112 valence electrons. The highest BCUT2D eigenvalue weighted by Gasteiger charge is 2.05. The maximum atomic E-state index is 5.56. The molecule has 1 heterocycles. The van der Waals surface area contributed by atoms with Gasteiger partial charge in [-0.3, -0.25) is 0 Å². The number of benzene rings is 2. The zero-order chi connectivity index (χ0) is 13.2. The summed E-state index contributed by atoms with van der Waals surface area (Å²) >= 11 is 0. The normalized spacial score (nSPS) is 10.0. The maximum Gasteiger partial charge on any atom is 0.108 e. The number of aromatic amines is 1. The molecule has 0 aliphatic rings. The standard InChI is InChI=1S/C16H17N3.2ClH/c1-11-4-2-3-5-13(11)12-6-7-14-15(10-12)19-16(18-14)8-9-17;;/h2-7,10H,8-9,17H2,1H3,(H,18,19);2*1H. The van der Waals surface area contributed by atoms with Gasteiger partial charge in [-0.2, -0.15) is 0 Å². The average molecular weight is 324 g/mol. The fourth-order valence-corrected chi connectivity index (χ4v) is 2.38. The molecule has 0 bridgehead atoms. The van der Waals surface area contributed by atoms with Gasteiger partial charge in [0.15, 0.2) is 0 Å². The van der Waals surface area contributed by atoms with Gasteiger partial charge in [0.1, 0.15) is 5.82 Å². The Morgan fingerprint density at radius 3 is 2.57 bits per heavy atom. The van der Waals surface area contributed by atoms with E-state index in [1.807, 2.05) is 0 Å². The molecule has 0 aliphatic carbocycles. The zero-order valence-electron chi connectivity index (χ0n) is 11.8. The monoisotopic (exact) mass is 323 g/mol. The molecule has 3 nitrogen and oxygen atoms in total. The molecule has 3 aromatic rings. The zero-order valence-corrected chi connectivity index (χ0v) is 13.4. The average Bonchev–Trinajstić information content (AvgIpc) is 2.81. The third-order valence-electron chi connectivity index (χ3n) is 3.37. The number of nitrogens with zero attached hydrogens (tertiary/aromatic N) is 1. The van der Waals surface area contributed by atoms with Gasteiger partial charge in [0, 0.05) is 6.42 Å². The van der Waals surface area contributed by atoms with Crippen molar-refractivity contribution in [3.8, 4) is 11.1 Å². The van der Waals surface area contributed by atoms with Gasteiger partial charge in [0.05, 0.1) is 11.0 Å². The number of rotatable bonds is 3. The fourth-order valence-electron chi connectivity index (χ4n) is 2.38. The Labute approximate surface area is 136 Å². The topological polar surface area (TPSA) is 54.7 Å². The fraction of sp³-hybridized carbons (Fsp3) is 0.188. The van der Waals surface area contributed by atoms with E-state index in [1.165, 1.54) is 16.7 Å². The Morgan fingerprint density at radius 2 is 1.86 bits per heavy atom. The van der Waals surface area contributed by atoms with Crippen molar-refractivity contribution in [1.29, 1.82) is 0 Å². The number of halogens is 2. The van der Waals surface area contributed by atoms with Gasteiger partial charge in [0.2, 0.25) is 0 Å². The van der Waals surface area contributed by atoms with E-state index in [4.69, 9.17) is 5.73 Å². The van der Waals surface area contributed by atoms with Gasteiger partial charge >= 0.3 is 0 Å². The van der Waals surface area contributed by atoms with Gasteiger partial charge in [-0.25, -0.2) is 4.98 Å². The van der Waals surface area contributed by atoms with Crippen LogP contribution in [0.25, 0.3) is 22.2 Å². The number of imidazole rings is 1. The lowest BCUT2D eigenvalue weighted by atomic mass is 10.0. The summed E-state index contributed by atoms with van der Waals surface area (Å²) < 4.78 is 0. The molecular formula is C16H19Cl2N3. The van der Waals surface area contributed by atoms with E-state index < -0.39 is 0 Å². The number of aromatic nitrogens is 2. The maximum absolute atomic E-state index is 5.56. The minimum Gasteiger partial charge on any atom is -0.342 e. The molecule has 0 unspecified atom stereocenters. The molecule has 3 rings (SSSR count). The van der Waals surface area contributed by atoms with E-state index >= 15 is 0 Å². The van der Waals surface area contributed by atoms with E-state index in [-0.39, 0.29) is 24.8 Å². The second-order valence-electron chi connectivity index (χ2n) is 4.77. The summed E-state index contributed by atoms with van der Waals surface area (Å²) in [7, 11) is 0. The Balaban J connectivity index is 0.00000110. The van der Waals surface area contributed by atoms with Gasteiger partial charge < -0.3 is 10.7 Å². The summed E-state index contributed by atoms with van der Waals surface area (Å²) in [5.41, 5.74) is 11.4. The molecule has 3 N–H and O–H groups in total. The van der Waals surface area contributed by atoms with Crippen LogP contribution in [0, 0.1) is 6.92 Å². The van der Waals surface area contributed by atoms with Crippen LogP contribution in [0.2, 0.25) is 0 Å². The van der Waals surface area contributed by atoms with Crippen molar-refractivity contribution in [1.82, 2.24) is 9.97 Å². The Bertz CT molecular complexity index is 722. The van der Waals surface area contributed by atoms with Crippen LogP contribution in [0.1, 0.15) is 11.4 Å². The molecule has 0 spiro atoms. The Hall–Kier alpha value is -1.55. The van der Waals surface area contributed by atoms with Crippen LogP contribution in [0.15, 0.2) is 42.5 Å². The SMILES string of the molecule is Cc1ccccc1-c1ccc2nc(CCN)[nH]c2c1.Cl.Cl. The van der Waals surface area contributed by atoms with E-state index in [0.717, 1.165) is 23.3 Å². The summed E-state index contributed by atoms with van der Waals surface area (Å²) in [4.78, 5) is 7.86. The summed E-state index contributed by atoms with van der Waals surface area (Å²) in [5, 5.41) is 0. The van der Waals surface area contributed by atoms with Crippen LogP contribution in [-0.2, 0) is 6.42 Å². The second-order valence-corrected chi connectivity index (χ2v) is 4.77. The van der Waals surface area contributed by atoms with Gasteiger partial charge in [0.25, 0.3) is 0 Å². The summed E-state index contributed by atoms with van der Waals surface area (Å²) in [6, 6.07) is 14.8. The van der Waals surface area contributed by atoms with Crippen LogP contribution >= 0.6 is 24.8 Å². The quantitative estimate of drug-likeness (QED) is 0.768. The number of nitrogens with one attached hydrogen (secondary N) is 1. The smallest absolute Gasteiger partial charge is 0.108 e. The van der Waals surface area contributed by atoms with Crippen LogP contribution in [0.4, 0.5) is 0 Å². The minimum absolute atomic E-state index is 0. The lowest BCUT2D eigenvalue weighted by Gasteiger charge is -2.05. The van der Waals surface area contributed by atoms with Crippen molar-refractivity contribution in [3.05, 3.63) is 53.9 Å². The van der Waals surface area contributed by atoms with Crippen molar-refractivity contribution in [3.63, 3.8) is 0 Å². The molecule has 0 radical (unpaired) electrons. The van der Waals surface area contributed by atoms with E-state index in [0.29, 0.717) is 6.54 Å². The lowest BCUT2D eigenvalue weighted by Crippen LogP contribution is -2.03. The molecule has 2 aromatic carbocycles. The molecule has 21 heavy (non-hydrogen) atoms. The molecule has 0 saturated carbocycles. The van der Waals surface area contributed by atoms with Gasteiger partial charge in [-0.05, 0) is 42.3 Å². The van der Waals surface area contributed by atoms with Crippen molar-refractivity contribution in [2.24, 2.45) is 5.73 Å². The molecule has 0 atom stereocenters. The minimum atomic E-state index is 0. The first kappa shape index (κ1) is 17.5. The van der Waals surface area contributed by atoms with E-state index in [9.17, 15) is 0 Å². The highest BCUT2D eigenvalue weighted by atomic mass is 35.5. The predicted octanol–water partition coefficient (Wildman–Crippen LogP) is 3.88. The second kappa shape index (κ2) is 7.46. The number of nitrogens with two attached hydrogens (primary N) is 1. The van der Waals surface area contributed by atoms with Crippen molar-refractivity contribution < 1.29 is 0 Å². The third kappa shape index (κ3) is 3.56. The van der Waals surface area contributed by atoms with Crippen LogP contribution < -0.4 is 5.73 Å². The van der Waals surface area contributed by atoms with Crippen LogP contribution in [-0.4, -0.2) is 16.5 Å². The summed E-state index contributed by atoms with van der Waals surface area (Å²) in [6.07, 6.45) is 0.786. The molecule has 0 saturated heterocycles. The Morgan fingerprint density at radius 1 is 1.10 bits per heavy atom. The Kier molecular flexibility index (Phi) is 6.21. The highest BCUT2D eigenvalue weighted by molar-refractivity contribution is 5.85. The molecule has 0 aliphatic heterocycles. The number of fused-ring (bicyclic) bond motifs is 1. The first-order valence-electron chi connectivity index (χ1n) is 6.52. The largest absolute Gasteiger partial charge is 0.342 e. The molecule has 5 heteroatoms. The predicted molar refractivity (Wildman–Crippen MR) is 93.5 cm³/mol. The van der Waals surface area contributed by atoms with Gasteiger partial charge in [-0.15, -0.1) is 24.8 Å².